The molecule has 152 valence electrons. The van der Waals surface area contributed by atoms with E-state index in [0.717, 1.165) is 31.2 Å². The van der Waals surface area contributed by atoms with Crippen LogP contribution in [-0.2, 0) is 4.79 Å². The van der Waals surface area contributed by atoms with Crippen LogP contribution >= 0.6 is 0 Å². The van der Waals surface area contributed by atoms with Crippen molar-refractivity contribution in [1.82, 2.24) is 0 Å². The standard InChI is InChI=1S/C24H26O5/c1-27-19-12-14-23(28-2)21(16-19)22(25)13-11-17-7-6-10-20(15-17)29-24(26)18-8-4-3-5-9-18/h6-7,10-16,18H,3-5,8-9H2,1-2H3/b13-11+. The summed E-state index contributed by atoms with van der Waals surface area (Å²) in [7, 11) is 3.07. The van der Waals surface area contributed by atoms with Crippen molar-refractivity contribution in [1.29, 1.82) is 0 Å². The maximum absolute atomic E-state index is 12.6. The van der Waals surface area contributed by atoms with E-state index in [9.17, 15) is 9.59 Å². The van der Waals surface area contributed by atoms with Gasteiger partial charge in [0.25, 0.3) is 0 Å². The molecule has 0 aliphatic heterocycles. The van der Waals surface area contributed by atoms with Crippen LogP contribution in [0.2, 0.25) is 0 Å². The van der Waals surface area contributed by atoms with Crippen LogP contribution < -0.4 is 14.2 Å². The van der Waals surface area contributed by atoms with E-state index in [-0.39, 0.29) is 17.7 Å². The largest absolute Gasteiger partial charge is 0.497 e. The lowest BCUT2D eigenvalue weighted by atomic mass is 9.89. The van der Waals surface area contributed by atoms with Crippen molar-refractivity contribution in [2.24, 2.45) is 5.92 Å². The maximum atomic E-state index is 12.6. The van der Waals surface area contributed by atoms with Gasteiger partial charge in [0.1, 0.15) is 17.2 Å². The summed E-state index contributed by atoms with van der Waals surface area (Å²) in [4.78, 5) is 25.0. The van der Waals surface area contributed by atoms with Crippen LogP contribution in [0, 0.1) is 5.92 Å². The molecule has 1 saturated carbocycles. The Kier molecular flexibility index (Phi) is 7.06. The number of allylic oxidation sites excluding steroid dienone is 1. The summed E-state index contributed by atoms with van der Waals surface area (Å²) in [5, 5.41) is 0. The van der Waals surface area contributed by atoms with Gasteiger partial charge < -0.3 is 14.2 Å². The number of esters is 1. The first kappa shape index (κ1) is 20.6. The first-order chi connectivity index (χ1) is 14.1. The Bertz CT molecular complexity index is 894. The molecule has 0 aromatic heterocycles. The maximum Gasteiger partial charge on any atom is 0.314 e. The van der Waals surface area contributed by atoms with E-state index in [1.807, 2.05) is 6.07 Å². The van der Waals surface area contributed by atoms with E-state index in [1.165, 1.54) is 19.6 Å². The number of hydrogen-bond donors (Lipinski definition) is 0. The number of hydrogen-bond acceptors (Lipinski definition) is 5. The molecule has 0 saturated heterocycles. The van der Waals surface area contributed by atoms with Gasteiger partial charge in [-0.1, -0.05) is 37.5 Å². The van der Waals surface area contributed by atoms with Gasteiger partial charge in [-0.05, 0) is 54.8 Å². The van der Waals surface area contributed by atoms with Crippen LogP contribution in [0.4, 0.5) is 0 Å². The Balaban J connectivity index is 1.70. The normalized spacial score (nSPS) is 14.6. The highest BCUT2D eigenvalue weighted by atomic mass is 16.5. The molecule has 0 spiro atoms. The minimum Gasteiger partial charge on any atom is -0.497 e. The van der Waals surface area contributed by atoms with E-state index < -0.39 is 0 Å². The monoisotopic (exact) mass is 394 g/mol. The Morgan fingerprint density at radius 2 is 1.72 bits per heavy atom. The SMILES string of the molecule is COc1ccc(OC)c(C(=O)/C=C/c2cccc(OC(=O)C3CCCCC3)c2)c1. The van der Waals surface area contributed by atoms with Gasteiger partial charge in [0.15, 0.2) is 5.78 Å². The molecule has 5 nitrogen and oxygen atoms in total. The van der Waals surface area contributed by atoms with Gasteiger partial charge in [0.05, 0.1) is 25.7 Å². The highest BCUT2D eigenvalue weighted by Crippen LogP contribution is 2.27. The molecular formula is C24H26O5. The zero-order valence-electron chi connectivity index (χ0n) is 16.9. The van der Waals surface area contributed by atoms with Gasteiger partial charge in [-0.25, -0.2) is 0 Å². The summed E-state index contributed by atoms with van der Waals surface area (Å²) in [6, 6.07) is 12.3. The molecule has 1 aliphatic carbocycles. The number of rotatable bonds is 7. The van der Waals surface area contributed by atoms with E-state index in [2.05, 4.69) is 0 Å². The molecule has 2 aromatic carbocycles. The van der Waals surface area contributed by atoms with Gasteiger partial charge in [-0.3, -0.25) is 9.59 Å². The van der Waals surface area contributed by atoms with Crippen LogP contribution in [0.1, 0.15) is 48.0 Å². The second kappa shape index (κ2) is 9.92. The lowest BCUT2D eigenvalue weighted by molar-refractivity contribution is -0.139. The average Bonchev–Trinajstić information content (AvgIpc) is 2.77. The molecule has 1 aliphatic rings. The highest BCUT2D eigenvalue weighted by Gasteiger charge is 2.23. The molecule has 29 heavy (non-hydrogen) atoms. The molecule has 0 bridgehead atoms. The number of ether oxygens (including phenoxy) is 3. The van der Waals surface area contributed by atoms with Gasteiger partial charge in [-0.2, -0.15) is 0 Å². The Morgan fingerprint density at radius 1 is 0.931 bits per heavy atom. The van der Waals surface area contributed by atoms with Crippen molar-refractivity contribution < 1.29 is 23.8 Å². The number of carbonyl (C=O) groups is 2. The molecule has 0 atom stereocenters. The quantitative estimate of drug-likeness (QED) is 0.283. The summed E-state index contributed by atoms with van der Waals surface area (Å²) in [6.45, 7) is 0. The van der Waals surface area contributed by atoms with Crippen LogP contribution in [0.5, 0.6) is 17.2 Å². The third-order valence-electron chi connectivity index (χ3n) is 5.11. The van der Waals surface area contributed by atoms with Crippen LogP contribution in [0.3, 0.4) is 0 Å². The van der Waals surface area contributed by atoms with Crippen molar-refractivity contribution in [3.8, 4) is 17.2 Å². The molecule has 3 rings (SSSR count). The van der Waals surface area contributed by atoms with Crippen molar-refractivity contribution >= 4 is 17.8 Å². The first-order valence-corrected chi connectivity index (χ1v) is 9.87. The summed E-state index contributed by atoms with van der Waals surface area (Å²) in [5.41, 5.74) is 1.19. The van der Waals surface area contributed by atoms with Crippen LogP contribution in [-0.4, -0.2) is 26.0 Å². The third-order valence-corrected chi connectivity index (χ3v) is 5.11. The van der Waals surface area contributed by atoms with Crippen molar-refractivity contribution in [3.63, 3.8) is 0 Å². The number of ketones is 1. The second-order valence-electron chi connectivity index (χ2n) is 7.09. The summed E-state index contributed by atoms with van der Waals surface area (Å²) in [6.07, 6.45) is 8.32. The fourth-order valence-corrected chi connectivity index (χ4v) is 3.49. The molecule has 5 heteroatoms. The number of methoxy groups -OCH3 is 2. The fraction of sp³-hybridized carbons (Fsp3) is 0.333. The van der Waals surface area contributed by atoms with Gasteiger partial charge in [-0.15, -0.1) is 0 Å². The molecule has 0 heterocycles. The minimum atomic E-state index is -0.203. The van der Waals surface area contributed by atoms with Crippen LogP contribution in [0.15, 0.2) is 48.5 Å². The topological polar surface area (TPSA) is 61.8 Å². The number of benzene rings is 2. The Hall–Kier alpha value is -3.08. The Morgan fingerprint density at radius 3 is 2.45 bits per heavy atom. The first-order valence-electron chi connectivity index (χ1n) is 9.87. The molecule has 0 radical (unpaired) electrons. The zero-order valence-corrected chi connectivity index (χ0v) is 16.9. The van der Waals surface area contributed by atoms with Crippen molar-refractivity contribution in [2.75, 3.05) is 14.2 Å². The number of carbonyl (C=O) groups excluding carboxylic acids is 2. The fourth-order valence-electron chi connectivity index (χ4n) is 3.49. The van der Waals surface area contributed by atoms with Gasteiger partial charge >= 0.3 is 5.97 Å². The molecule has 2 aromatic rings. The van der Waals surface area contributed by atoms with E-state index >= 15 is 0 Å². The summed E-state index contributed by atoms with van der Waals surface area (Å²) in [5.74, 6) is 1.18. The molecule has 1 fully saturated rings. The van der Waals surface area contributed by atoms with Gasteiger partial charge in [0.2, 0.25) is 0 Å². The summed E-state index contributed by atoms with van der Waals surface area (Å²) < 4.78 is 16.0. The van der Waals surface area contributed by atoms with E-state index in [1.54, 1.807) is 49.6 Å². The lowest BCUT2D eigenvalue weighted by Gasteiger charge is -2.19. The smallest absolute Gasteiger partial charge is 0.314 e. The van der Waals surface area contributed by atoms with Gasteiger partial charge in [0, 0.05) is 0 Å². The molecule has 0 amide bonds. The highest BCUT2D eigenvalue weighted by molar-refractivity contribution is 6.08. The molecular weight excluding hydrogens is 368 g/mol. The molecule has 0 N–H and O–H groups in total. The minimum absolute atomic E-state index is 0.00921. The van der Waals surface area contributed by atoms with E-state index in [4.69, 9.17) is 14.2 Å². The molecule has 0 unspecified atom stereocenters. The van der Waals surface area contributed by atoms with Crippen molar-refractivity contribution in [3.05, 3.63) is 59.7 Å². The van der Waals surface area contributed by atoms with Crippen molar-refractivity contribution in [2.45, 2.75) is 32.1 Å². The lowest BCUT2D eigenvalue weighted by Crippen LogP contribution is -2.22. The zero-order chi connectivity index (χ0) is 20.6. The third kappa shape index (κ3) is 5.47. The van der Waals surface area contributed by atoms with Crippen LogP contribution in [0.25, 0.3) is 6.08 Å². The van der Waals surface area contributed by atoms with E-state index in [0.29, 0.717) is 22.8 Å². The summed E-state index contributed by atoms with van der Waals surface area (Å²) >= 11 is 0. The predicted octanol–water partition coefficient (Wildman–Crippen LogP) is 5.09. The Labute approximate surface area is 171 Å². The average molecular weight is 394 g/mol. The predicted molar refractivity (Wildman–Crippen MR) is 112 cm³/mol. The second-order valence-corrected chi connectivity index (χ2v) is 7.09.